The first-order chi connectivity index (χ1) is 3.91. The van der Waals surface area contributed by atoms with Gasteiger partial charge < -0.3 is 0 Å². The van der Waals surface area contributed by atoms with Gasteiger partial charge in [-0.25, -0.2) is 0 Å². The minimum absolute atomic E-state index is 1.15. The van der Waals surface area contributed by atoms with Gasteiger partial charge in [-0.3, -0.25) is 0 Å². The van der Waals surface area contributed by atoms with Crippen LogP contribution in [0.15, 0.2) is 12.2 Å². The molecule has 0 amide bonds. The zero-order valence-electron chi connectivity index (χ0n) is 5.85. The standard InChI is InChI=1S/C8H15/c1-3-5-7-8-6-4-2/h5,7-8H,3-4,6H2,1-2H3/b7-5+. The van der Waals surface area contributed by atoms with E-state index < -0.39 is 0 Å². The second kappa shape index (κ2) is 6.74. The lowest BCUT2D eigenvalue weighted by molar-refractivity contribution is 0.921. The van der Waals surface area contributed by atoms with E-state index in [9.17, 15) is 0 Å². The Balaban J connectivity index is 2.80. The summed E-state index contributed by atoms with van der Waals surface area (Å²) in [4.78, 5) is 0. The molecule has 0 atom stereocenters. The quantitative estimate of drug-likeness (QED) is 0.489. The molecule has 0 heterocycles. The summed E-state index contributed by atoms with van der Waals surface area (Å²) < 4.78 is 0. The molecule has 0 unspecified atom stereocenters. The Morgan fingerprint density at radius 3 is 2.50 bits per heavy atom. The van der Waals surface area contributed by atoms with Gasteiger partial charge in [0.1, 0.15) is 0 Å². The Hall–Kier alpha value is -0.260. The van der Waals surface area contributed by atoms with Crippen molar-refractivity contribution in [2.75, 3.05) is 0 Å². The topological polar surface area (TPSA) is 0 Å². The van der Waals surface area contributed by atoms with Crippen molar-refractivity contribution < 1.29 is 0 Å². The van der Waals surface area contributed by atoms with Crippen LogP contribution in [0.1, 0.15) is 33.1 Å². The highest BCUT2D eigenvalue weighted by molar-refractivity contribution is 4.93. The van der Waals surface area contributed by atoms with E-state index in [1.165, 1.54) is 12.8 Å². The minimum atomic E-state index is 1.15. The van der Waals surface area contributed by atoms with Crippen molar-refractivity contribution in [2.45, 2.75) is 33.1 Å². The van der Waals surface area contributed by atoms with Crippen LogP contribution in [0.4, 0.5) is 0 Å². The van der Waals surface area contributed by atoms with Crippen molar-refractivity contribution >= 4 is 0 Å². The van der Waals surface area contributed by atoms with Gasteiger partial charge in [0.15, 0.2) is 0 Å². The monoisotopic (exact) mass is 111 g/mol. The van der Waals surface area contributed by atoms with Crippen molar-refractivity contribution in [3.05, 3.63) is 18.6 Å². The Morgan fingerprint density at radius 2 is 2.00 bits per heavy atom. The Morgan fingerprint density at radius 1 is 1.25 bits per heavy atom. The van der Waals surface area contributed by atoms with E-state index in [1.807, 2.05) is 0 Å². The second-order valence-electron chi connectivity index (χ2n) is 1.86. The van der Waals surface area contributed by atoms with Gasteiger partial charge in [-0.1, -0.05) is 32.4 Å². The van der Waals surface area contributed by atoms with Gasteiger partial charge >= 0.3 is 0 Å². The summed E-state index contributed by atoms with van der Waals surface area (Å²) in [6, 6.07) is 0. The van der Waals surface area contributed by atoms with E-state index in [1.54, 1.807) is 0 Å². The molecule has 0 aliphatic heterocycles. The predicted octanol–water partition coefficient (Wildman–Crippen LogP) is 2.96. The van der Waals surface area contributed by atoms with Crippen LogP contribution in [0.25, 0.3) is 0 Å². The molecule has 1 radical (unpaired) electrons. The van der Waals surface area contributed by atoms with Crippen LogP contribution in [0.5, 0.6) is 0 Å². The molecule has 0 aromatic carbocycles. The summed E-state index contributed by atoms with van der Waals surface area (Å²) in [7, 11) is 0. The summed E-state index contributed by atoms with van der Waals surface area (Å²) in [5.41, 5.74) is 0. The lowest BCUT2D eigenvalue weighted by atomic mass is 10.2. The van der Waals surface area contributed by atoms with E-state index >= 15 is 0 Å². The maximum atomic E-state index is 2.21. The molecular formula is C8H15. The highest BCUT2D eigenvalue weighted by Gasteiger charge is 1.75. The summed E-state index contributed by atoms with van der Waals surface area (Å²) in [6.45, 7) is 4.34. The Kier molecular flexibility index (Phi) is 6.52. The highest BCUT2D eigenvalue weighted by Crippen LogP contribution is 1.93. The third kappa shape index (κ3) is 5.74. The van der Waals surface area contributed by atoms with E-state index in [0.29, 0.717) is 0 Å². The molecule has 0 nitrogen and oxygen atoms in total. The van der Waals surface area contributed by atoms with Crippen molar-refractivity contribution in [1.82, 2.24) is 0 Å². The molecular weight excluding hydrogens is 96.1 g/mol. The molecule has 0 saturated heterocycles. The third-order valence-electron chi connectivity index (χ3n) is 0.963. The van der Waals surface area contributed by atoms with Gasteiger partial charge in [-0.2, -0.15) is 0 Å². The molecule has 0 spiro atoms. The maximum absolute atomic E-state index is 2.21. The third-order valence-corrected chi connectivity index (χ3v) is 0.963. The molecule has 0 bridgehead atoms. The lowest BCUT2D eigenvalue weighted by Gasteiger charge is -1.84. The summed E-state index contributed by atoms with van der Waals surface area (Å²) in [5.74, 6) is 0. The lowest BCUT2D eigenvalue weighted by Crippen LogP contribution is -1.66. The van der Waals surface area contributed by atoms with Crippen LogP contribution < -0.4 is 0 Å². The average molecular weight is 111 g/mol. The van der Waals surface area contributed by atoms with E-state index in [4.69, 9.17) is 0 Å². The molecule has 0 aliphatic carbocycles. The molecule has 8 heavy (non-hydrogen) atoms. The molecule has 0 fully saturated rings. The second-order valence-corrected chi connectivity index (χ2v) is 1.86. The molecule has 0 heteroatoms. The molecule has 0 N–H and O–H groups in total. The number of allylic oxidation sites excluding steroid dienone is 2. The van der Waals surface area contributed by atoms with Gasteiger partial charge in [0.2, 0.25) is 0 Å². The van der Waals surface area contributed by atoms with Crippen molar-refractivity contribution in [1.29, 1.82) is 0 Å². The average Bonchev–Trinajstić information content (AvgIpc) is 1.81. The number of hydrogen-bond acceptors (Lipinski definition) is 0. The minimum Gasteiger partial charge on any atom is -0.0885 e. The van der Waals surface area contributed by atoms with Gasteiger partial charge in [0, 0.05) is 0 Å². The fraction of sp³-hybridized carbons (Fsp3) is 0.625. The number of unbranched alkanes of at least 4 members (excludes halogenated alkanes) is 2. The molecule has 0 rings (SSSR count). The summed E-state index contributed by atoms with van der Waals surface area (Å²) >= 11 is 0. The fourth-order valence-corrected chi connectivity index (χ4v) is 0.495. The summed E-state index contributed by atoms with van der Waals surface area (Å²) in [6.07, 6.45) is 10.2. The fourth-order valence-electron chi connectivity index (χ4n) is 0.495. The first kappa shape index (κ1) is 7.74. The highest BCUT2D eigenvalue weighted by atomic mass is 13.8. The van der Waals surface area contributed by atoms with E-state index in [0.717, 1.165) is 6.42 Å². The van der Waals surface area contributed by atoms with Crippen molar-refractivity contribution in [2.24, 2.45) is 0 Å². The van der Waals surface area contributed by atoms with Crippen molar-refractivity contribution in [3.63, 3.8) is 0 Å². The van der Waals surface area contributed by atoms with Crippen LogP contribution in [0.3, 0.4) is 0 Å². The van der Waals surface area contributed by atoms with Gasteiger partial charge in [-0.15, -0.1) is 0 Å². The van der Waals surface area contributed by atoms with Crippen LogP contribution in [-0.4, -0.2) is 0 Å². The molecule has 0 aromatic rings. The van der Waals surface area contributed by atoms with Crippen LogP contribution in [-0.2, 0) is 0 Å². The molecule has 0 saturated carbocycles. The van der Waals surface area contributed by atoms with E-state index in [2.05, 4.69) is 32.4 Å². The number of hydrogen-bond donors (Lipinski definition) is 0. The Labute approximate surface area is 52.6 Å². The molecule has 0 aromatic heterocycles. The Bertz CT molecular complexity index is 53.1. The zero-order valence-corrected chi connectivity index (χ0v) is 5.85. The normalized spacial score (nSPS) is 10.8. The summed E-state index contributed by atoms with van der Waals surface area (Å²) in [5, 5.41) is 0. The predicted molar refractivity (Wildman–Crippen MR) is 38.6 cm³/mol. The van der Waals surface area contributed by atoms with E-state index in [-0.39, 0.29) is 0 Å². The van der Waals surface area contributed by atoms with Gasteiger partial charge in [0.25, 0.3) is 0 Å². The molecule has 0 aliphatic rings. The van der Waals surface area contributed by atoms with Crippen LogP contribution in [0.2, 0.25) is 0 Å². The first-order valence-electron chi connectivity index (χ1n) is 3.40. The van der Waals surface area contributed by atoms with Gasteiger partial charge in [0.05, 0.1) is 0 Å². The smallest absolute Gasteiger partial charge is 0.0171 e. The van der Waals surface area contributed by atoms with Gasteiger partial charge in [-0.05, 0) is 19.3 Å². The molecule has 47 valence electrons. The largest absolute Gasteiger partial charge is 0.0885 e. The SMILES string of the molecule is CC/C=C/[CH]CCC. The maximum Gasteiger partial charge on any atom is -0.0171 e. The van der Waals surface area contributed by atoms with Crippen molar-refractivity contribution in [3.8, 4) is 0 Å². The first-order valence-corrected chi connectivity index (χ1v) is 3.40. The zero-order chi connectivity index (χ0) is 6.24. The van der Waals surface area contributed by atoms with Crippen LogP contribution in [0, 0.1) is 6.42 Å². The van der Waals surface area contributed by atoms with Crippen LogP contribution >= 0.6 is 0 Å². The number of rotatable bonds is 4.